The molecule has 6 fully saturated rings. The van der Waals surface area contributed by atoms with Crippen molar-refractivity contribution < 1.29 is 74.1 Å². The molecular weight excluding hydrogens is 756 g/mol. The van der Waals surface area contributed by atoms with Crippen LogP contribution in [0.15, 0.2) is 11.6 Å². The van der Waals surface area contributed by atoms with Crippen LogP contribution in [0.5, 0.6) is 0 Å². The van der Waals surface area contributed by atoms with E-state index in [4.69, 9.17) is 23.7 Å². The van der Waals surface area contributed by atoms with Crippen molar-refractivity contribution in [3.05, 3.63) is 11.6 Å². The van der Waals surface area contributed by atoms with Gasteiger partial charge < -0.3 is 64.5 Å². The number of hydrogen-bond acceptors (Lipinski definition) is 15. The van der Waals surface area contributed by atoms with E-state index < -0.39 is 108 Å². The van der Waals surface area contributed by atoms with E-state index in [0.29, 0.717) is 25.7 Å². The van der Waals surface area contributed by atoms with Crippen molar-refractivity contribution in [3.63, 3.8) is 0 Å². The van der Waals surface area contributed by atoms with Gasteiger partial charge in [-0.1, -0.05) is 60.1 Å². The highest BCUT2D eigenvalue weighted by molar-refractivity contribution is 5.92. The molecule has 7 rings (SSSR count). The lowest BCUT2D eigenvalue weighted by atomic mass is 9.33. The Morgan fingerprint density at radius 1 is 0.793 bits per heavy atom. The highest BCUT2D eigenvalue weighted by Gasteiger charge is 2.73. The van der Waals surface area contributed by atoms with Gasteiger partial charge >= 0.3 is 5.97 Å². The number of ketones is 1. The van der Waals surface area contributed by atoms with Gasteiger partial charge in [-0.15, -0.1) is 0 Å². The van der Waals surface area contributed by atoms with Crippen molar-refractivity contribution in [2.45, 2.75) is 173 Å². The number of ether oxygens (including phenoxy) is 5. The average Bonchev–Trinajstić information content (AvgIpc) is 3.18. The molecule has 20 atom stereocenters. The lowest BCUT2D eigenvalue weighted by Crippen LogP contribution is -2.70. The molecule has 2 saturated heterocycles. The van der Waals surface area contributed by atoms with Crippen molar-refractivity contribution in [2.24, 2.45) is 50.2 Å². The molecule has 0 spiro atoms. The fourth-order valence-electron chi connectivity index (χ4n) is 13.6. The zero-order chi connectivity index (χ0) is 42.7. The summed E-state index contributed by atoms with van der Waals surface area (Å²) in [7, 11) is 1.09. The molecule has 20 unspecified atom stereocenters. The summed E-state index contributed by atoms with van der Waals surface area (Å²) >= 11 is 0. The van der Waals surface area contributed by atoms with Crippen LogP contribution in [0, 0.1) is 50.2 Å². The van der Waals surface area contributed by atoms with Crippen LogP contribution in [-0.4, -0.2) is 147 Å². The third kappa shape index (κ3) is 6.26. The Hall–Kier alpha value is -1.60. The molecule has 8 N–H and O–H groups in total. The molecule has 4 saturated carbocycles. The van der Waals surface area contributed by atoms with Crippen LogP contribution in [0.4, 0.5) is 0 Å². The maximum atomic E-state index is 14.4. The van der Waals surface area contributed by atoms with Gasteiger partial charge in [0, 0.05) is 16.2 Å². The first-order valence-electron chi connectivity index (χ1n) is 21.3. The minimum atomic E-state index is -1.87. The molecule has 7 aliphatic rings. The zero-order valence-corrected chi connectivity index (χ0v) is 35.2. The lowest BCUT2D eigenvalue weighted by molar-refractivity contribution is -0.366. The van der Waals surface area contributed by atoms with Crippen LogP contribution in [0.3, 0.4) is 0 Å². The number of fused-ring (bicyclic) bond motifs is 7. The van der Waals surface area contributed by atoms with Gasteiger partial charge in [0.05, 0.1) is 26.4 Å². The number of hydrogen-bond donors (Lipinski definition) is 8. The van der Waals surface area contributed by atoms with Gasteiger partial charge in [0.15, 0.2) is 24.5 Å². The topological polar surface area (TPSA) is 242 Å². The first kappa shape index (κ1) is 44.5. The molecule has 2 aliphatic heterocycles. The minimum Gasteiger partial charge on any atom is -0.467 e. The molecule has 58 heavy (non-hydrogen) atoms. The van der Waals surface area contributed by atoms with E-state index in [2.05, 4.69) is 47.6 Å². The van der Waals surface area contributed by atoms with Crippen LogP contribution in [0.25, 0.3) is 0 Å². The second-order valence-electron chi connectivity index (χ2n) is 20.8. The predicted octanol–water partition coefficient (Wildman–Crippen LogP) is 1.12. The molecule has 5 aliphatic carbocycles. The molecule has 15 heteroatoms. The number of carbonyl (C=O) groups excluding carboxylic acids is 2. The summed E-state index contributed by atoms with van der Waals surface area (Å²) < 4.78 is 28.6. The number of Topliss-reactive ketones (excluding diaryl/α,β-unsaturated/α-hetero) is 1. The molecular formula is C43H68O15. The van der Waals surface area contributed by atoms with Crippen molar-refractivity contribution >= 4 is 11.8 Å². The summed E-state index contributed by atoms with van der Waals surface area (Å²) in [6, 6.07) is 0. The average molecular weight is 825 g/mol. The van der Waals surface area contributed by atoms with E-state index in [1.165, 1.54) is 5.57 Å². The standard InChI is InChI=1S/C43H68O15/c1-38(2)15-16-39(3)21(17-38)20-9-10-24-40(4)13-12-25(41(5,19-45)23(40)11-14-42(24,6)43(20,7)34(52)33(39)51)56-37-30(50)31(29(49)32(58-37)35(53)54-8)57-36-28(48)27(47)26(46)22(18-44)55-36/h9,21-32,34,36-37,44-50,52H,10-19H2,1-8H3. The van der Waals surface area contributed by atoms with Crippen molar-refractivity contribution in [2.75, 3.05) is 20.3 Å². The first-order valence-corrected chi connectivity index (χ1v) is 21.3. The van der Waals surface area contributed by atoms with E-state index in [0.717, 1.165) is 32.8 Å². The van der Waals surface area contributed by atoms with E-state index >= 15 is 0 Å². The summed E-state index contributed by atoms with van der Waals surface area (Å²) in [5, 5.41) is 87.5. The Balaban J connectivity index is 1.17. The maximum Gasteiger partial charge on any atom is 0.337 e. The number of rotatable bonds is 7. The van der Waals surface area contributed by atoms with Crippen LogP contribution >= 0.6 is 0 Å². The summed E-state index contributed by atoms with van der Waals surface area (Å²) in [6.45, 7) is 14.2. The van der Waals surface area contributed by atoms with Gasteiger partial charge in [-0.2, -0.15) is 0 Å². The summed E-state index contributed by atoms with van der Waals surface area (Å²) in [5.41, 5.74) is -1.79. The first-order chi connectivity index (χ1) is 27.0. The number of aliphatic hydroxyl groups is 8. The monoisotopic (exact) mass is 824 g/mol. The lowest BCUT2D eigenvalue weighted by Gasteiger charge is -2.72. The molecule has 0 radical (unpaired) electrons. The highest BCUT2D eigenvalue weighted by Crippen LogP contribution is 2.75. The predicted molar refractivity (Wildman–Crippen MR) is 204 cm³/mol. The fraction of sp³-hybridized carbons (Fsp3) is 0.907. The third-order valence-corrected chi connectivity index (χ3v) is 17.5. The Morgan fingerprint density at radius 2 is 1.47 bits per heavy atom. The second kappa shape index (κ2) is 15.0. The molecule has 2 heterocycles. The van der Waals surface area contributed by atoms with E-state index in [1.54, 1.807) is 0 Å². The minimum absolute atomic E-state index is 0.0469. The summed E-state index contributed by atoms with van der Waals surface area (Å²) in [4.78, 5) is 27.3. The Kier molecular flexibility index (Phi) is 11.5. The SMILES string of the molecule is COC(=O)C1OC(OC2CCC3(C)C(CCC4(C)C3CC=C3C5CC(C)(C)CCC5(C)C(=O)C(O)C34C)C2(C)CO)C(O)C(OC2OC(CO)C(O)C(O)C2O)C1O. The second-order valence-corrected chi connectivity index (χ2v) is 20.8. The molecule has 330 valence electrons. The number of aliphatic hydroxyl groups excluding tert-OH is 8. The fourth-order valence-corrected chi connectivity index (χ4v) is 13.6. The highest BCUT2D eigenvalue weighted by atomic mass is 16.7. The van der Waals surface area contributed by atoms with Gasteiger partial charge in [-0.25, -0.2) is 4.79 Å². The van der Waals surface area contributed by atoms with Gasteiger partial charge in [0.25, 0.3) is 0 Å². The Morgan fingerprint density at radius 3 is 2.10 bits per heavy atom. The third-order valence-electron chi connectivity index (χ3n) is 17.5. The van der Waals surface area contributed by atoms with Crippen LogP contribution in [0.2, 0.25) is 0 Å². The van der Waals surface area contributed by atoms with Gasteiger partial charge in [-0.3, -0.25) is 4.79 Å². The number of methoxy groups -OCH3 is 1. The number of esters is 1. The van der Waals surface area contributed by atoms with E-state index in [1.807, 2.05) is 6.92 Å². The number of carbonyl (C=O) groups is 2. The van der Waals surface area contributed by atoms with Crippen LogP contribution in [0.1, 0.15) is 99.8 Å². The largest absolute Gasteiger partial charge is 0.467 e. The maximum absolute atomic E-state index is 14.4. The molecule has 0 bridgehead atoms. The van der Waals surface area contributed by atoms with Gasteiger partial charge in [0.2, 0.25) is 0 Å². The Labute approximate surface area is 341 Å². The van der Waals surface area contributed by atoms with Crippen LogP contribution in [-0.2, 0) is 33.3 Å². The van der Waals surface area contributed by atoms with Gasteiger partial charge in [-0.05, 0) is 85.4 Å². The quantitative estimate of drug-likeness (QED) is 0.102. The van der Waals surface area contributed by atoms with E-state index in [9.17, 15) is 50.4 Å². The molecule has 0 aromatic rings. The van der Waals surface area contributed by atoms with E-state index in [-0.39, 0.29) is 41.0 Å². The smallest absolute Gasteiger partial charge is 0.337 e. The molecule has 0 aromatic heterocycles. The zero-order valence-electron chi connectivity index (χ0n) is 35.2. The van der Waals surface area contributed by atoms with Crippen molar-refractivity contribution in [3.8, 4) is 0 Å². The Bertz CT molecular complexity index is 1620. The van der Waals surface area contributed by atoms with Gasteiger partial charge in [0.1, 0.15) is 48.8 Å². The van der Waals surface area contributed by atoms with Crippen LogP contribution < -0.4 is 0 Å². The summed E-state index contributed by atoms with van der Waals surface area (Å²) in [5.74, 6) is -1.06. The summed E-state index contributed by atoms with van der Waals surface area (Å²) in [6.07, 6.45) is -10.9. The molecule has 0 aromatic carbocycles. The normalized spacial score (nSPS) is 54.0. The van der Waals surface area contributed by atoms with Crippen molar-refractivity contribution in [1.29, 1.82) is 0 Å². The number of allylic oxidation sites excluding steroid dienone is 1. The van der Waals surface area contributed by atoms with Crippen molar-refractivity contribution in [1.82, 2.24) is 0 Å². The molecule has 15 nitrogen and oxygen atoms in total. The molecule has 0 amide bonds.